The summed E-state index contributed by atoms with van der Waals surface area (Å²) >= 11 is 0. The van der Waals surface area contributed by atoms with Crippen LogP contribution in [-0.2, 0) is 9.53 Å². The molecule has 0 amide bonds. The molecule has 0 fully saturated rings. The SMILES string of the molecule is CCCCCCCOC(=O)CP. The predicted octanol–water partition coefficient (Wildman–Crippen LogP) is 2.38. The Hall–Kier alpha value is -0.100. The molecule has 3 heteroatoms. The largest absolute Gasteiger partial charge is 0.465 e. The van der Waals surface area contributed by atoms with Gasteiger partial charge in [-0.1, -0.05) is 32.6 Å². The first-order valence-corrected chi connectivity index (χ1v) is 5.48. The molecule has 0 aromatic rings. The van der Waals surface area contributed by atoms with Gasteiger partial charge in [-0.25, -0.2) is 0 Å². The Kier molecular flexibility index (Phi) is 8.92. The Morgan fingerprint density at radius 3 is 2.50 bits per heavy atom. The van der Waals surface area contributed by atoms with Crippen LogP contribution in [0, 0.1) is 0 Å². The van der Waals surface area contributed by atoms with Crippen LogP contribution in [0.1, 0.15) is 39.0 Å². The van der Waals surface area contributed by atoms with Crippen molar-refractivity contribution in [2.75, 3.05) is 12.8 Å². The van der Waals surface area contributed by atoms with E-state index < -0.39 is 0 Å². The van der Waals surface area contributed by atoms with Gasteiger partial charge < -0.3 is 4.74 Å². The summed E-state index contributed by atoms with van der Waals surface area (Å²) in [6, 6.07) is 0. The van der Waals surface area contributed by atoms with Crippen molar-refractivity contribution < 1.29 is 9.53 Å². The molecule has 1 atom stereocenters. The number of rotatable bonds is 7. The number of hydrogen-bond donors (Lipinski definition) is 0. The molecule has 0 aromatic heterocycles. The lowest BCUT2D eigenvalue weighted by molar-refractivity contribution is -0.140. The Labute approximate surface area is 77.3 Å². The van der Waals surface area contributed by atoms with Crippen LogP contribution in [0.15, 0.2) is 0 Å². The summed E-state index contributed by atoms with van der Waals surface area (Å²) in [5, 5.41) is 0. The third-order valence-corrected chi connectivity index (χ3v) is 2.01. The standard InChI is InChI=1S/C9H19O2P/c1-2-3-4-5-6-7-11-9(10)8-12/h2-8,12H2,1H3. The van der Waals surface area contributed by atoms with E-state index in [0.29, 0.717) is 12.8 Å². The predicted molar refractivity (Wildman–Crippen MR) is 54.3 cm³/mol. The Morgan fingerprint density at radius 2 is 1.92 bits per heavy atom. The molecule has 0 aromatic carbocycles. The summed E-state index contributed by atoms with van der Waals surface area (Å²) in [7, 11) is 2.36. The molecule has 0 rings (SSSR count). The van der Waals surface area contributed by atoms with Crippen molar-refractivity contribution in [3.8, 4) is 0 Å². The van der Waals surface area contributed by atoms with Gasteiger partial charge in [-0.15, -0.1) is 9.24 Å². The van der Waals surface area contributed by atoms with E-state index in [0.717, 1.165) is 6.42 Å². The fourth-order valence-electron chi connectivity index (χ4n) is 0.951. The maximum absolute atomic E-state index is 10.7. The molecule has 0 aliphatic rings. The summed E-state index contributed by atoms with van der Waals surface area (Å²) in [5.41, 5.74) is 0. The second-order valence-electron chi connectivity index (χ2n) is 2.84. The van der Waals surface area contributed by atoms with Gasteiger partial charge in [0.05, 0.1) is 12.8 Å². The van der Waals surface area contributed by atoms with Gasteiger partial charge in [0.2, 0.25) is 0 Å². The van der Waals surface area contributed by atoms with Crippen molar-refractivity contribution in [2.24, 2.45) is 0 Å². The van der Waals surface area contributed by atoms with Crippen molar-refractivity contribution in [3.05, 3.63) is 0 Å². The zero-order valence-corrected chi connectivity index (χ0v) is 9.00. The molecule has 0 aliphatic heterocycles. The monoisotopic (exact) mass is 190 g/mol. The Bertz CT molecular complexity index is 115. The fraction of sp³-hybridized carbons (Fsp3) is 0.889. The molecule has 0 aliphatic carbocycles. The van der Waals surface area contributed by atoms with Crippen molar-refractivity contribution in [1.82, 2.24) is 0 Å². The van der Waals surface area contributed by atoms with Crippen LogP contribution < -0.4 is 0 Å². The van der Waals surface area contributed by atoms with E-state index in [9.17, 15) is 4.79 Å². The van der Waals surface area contributed by atoms with E-state index >= 15 is 0 Å². The number of hydrogen-bond acceptors (Lipinski definition) is 2. The average molecular weight is 190 g/mol. The molecule has 0 saturated heterocycles. The number of unbranched alkanes of at least 4 members (excludes halogenated alkanes) is 4. The zero-order chi connectivity index (χ0) is 9.23. The van der Waals surface area contributed by atoms with Crippen LogP contribution in [-0.4, -0.2) is 18.7 Å². The van der Waals surface area contributed by atoms with E-state index in [4.69, 9.17) is 4.74 Å². The number of carbonyl (C=O) groups excluding carboxylic acids is 1. The van der Waals surface area contributed by atoms with Crippen molar-refractivity contribution >= 4 is 15.2 Å². The molecular formula is C9H19O2P. The van der Waals surface area contributed by atoms with Gasteiger partial charge >= 0.3 is 5.97 Å². The van der Waals surface area contributed by atoms with Crippen LogP contribution in [0.4, 0.5) is 0 Å². The van der Waals surface area contributed by atoms with Crippen LogP contribution in [0.25, 0.3) is 0 Å². The molecule has 0 radical (unpaired) electrons. The molecule has 0 heterocycles. The lowest BCUT2D eigenvalue weighted by Gasteiger charge is -2.02. The minimum atomic E-state index is -0.115. The van der Waals surface area contributed by atoms with Crippen molar-refractivity contribution in [1.29, 1.82) is 0 Å². The van der Waals surface area contributed by atoms with Crippen molar-refractivity contribution in [3.63, 3.8) is 0 Å². The molecular weight excluding hydrogens is 171 g/mol. The van der Waals surface area contributed by atoms with Crippen LogP contribution in [0.3, 0.4) is 0 Å². The van der Waals surface area contributed by atoms with Gasteiger partial charge in [0.1, 0.15) is 0 Å². The summed E-state index contributed by atoms with van der Waals surface area (Å²) in [4.78, 5) is 10.7. The van der Waals surface area contributed by atoms with Gasteiger partial charge in [0.15, 0.2) is 0 Å². The lowest BCUT2D eigenvalue weighted by atomic mass is 10.2. The van der Waals surface area contributed by atoms with E-state index in [1.807, 2.05) is 0 Å². The maximum Gasteiger partial charge on any atom is 0.309 e. The molecule has 0 saturated carbocycles. The lowest BCUT2D eigenvalue weighted by Crippen LogP contribution is -2.06. The van der Waals surface area contributed by atoms with Crippen LogP contribution in [0.5, 0.6) is 0 Å². The highest BCUT2D eigenvalue weighted by Gasteiger charge is 1.96. The first-order chi connectivity index (χ1) is 5.81. The van der Waals surface area contributed by atoms with Gasteiger partial charge in [-0.05, 0) is 6.42 Å². The van der Waals surface area contributed by atoms with Gasteiger partial charge in [0.25, 0.3) is 0 Å². The van der Waals surface area contributed by atoms with Gasteiger partial charge in [-0.3, -0.25) is 4.79 Å². The minimum absolute atomic E-state index is 0.115. The van der Waals surface area contributed by atoms with Gasteiger partial charge in [-0.2, -0.15) is 0 Å². The molecule has 0 bridgehead atoms. The normalized spacial score (nSPS) is 9.83. The number of ether oxygens (including phenoxy) is 1. The van der Waals surface area contributed by atoms with E-state index in [1.165, 1.54) is 25.7 Å². The average Bonchev–Trinajstić information content (AvgIpc) is 2.10. The van der Waals surface area contributed by atoms with E-state index in [-0.39, 0.29) is 5.97 Å². The summed E-state index contributed by atoms with van der Waals surface area (Å²) in [6.07, 6.45) is 6.40. The molecule has 72 valence electrons. The maximum atomic E-state index is 10.7. The molecule has 0 N–H and O–H groups in total. The molecule has 0 spiro atoms. The van der Waals surface area contributed by atoms with E-state index in [1.54, 1.807) is 0 Å². The Balaban J connectivity index is 2.95. The minimum Gasteiger partial charge on any atom is -0.465 e. The van der Waals surface area contributed by atoms with Crippen LogP contribution >= 0.6 is 9.24 Å². The Morgan fingerprint density at radius 1 is 1.25 bits per heavy atom. The number of carbonyl (C=O) groups is 1. The topological polar surface area (TPSA) is 26.3 Å². The zero-order valence-electron chi connectivity index (χ0n) is 7.84. The molecule has 12 heavy (non-hydrogen) atoms. The third kappa shape index (κ3) is 8.00. The van der Waals surface area contributed by atoms with Crippen molar-refractivity contribution in [2.45, 2.75) is 39.0 Å². The molecule has 2 nitrogen and oxygen atoms in total. The smallest absolute Gasteiger partial charge is 0.309 e. The first kappa shape index (κ1) is 11.9. The summed E-state index contributed by atoms with van der Waals surface area (Å²) in [6.45, 7) is 2.78. The molecule has 1 unspecified atom stereocenters. The highest BCUT2D eigenvalue weighted by Crippen LogP contribution is 2.02. The highest BCUT2D eigenvalue weighted by atomic mass is 31.0. The summed E-state index contributed by atoms with van der Waals surface area (Å²) < 4.78 is 4.91. The van der Waals surface area contributed by atoms with Gasteiger partial charge in [0, 0.05) is 0 Å². The summed E-state index contributed by atoms with van der Waals surface area (Å²) in [5.74, 6) is -0.115. The van der Waals surface area contributed by atoms with E-state index in [2.05, 4.69) is 16.2 Å². The fourth-order valence-corrected chi connectivity index (χ4v) is 1.07. The quantitative estimate of drug-likeness (QED) is 0.350. The first-order valence-electron chi connectivity index (χ1n) is 4.67. The third-order valence-electron chi connectivity index (χ3n) is 1.68. The number of esters is 1. The highest BCUT2D eigenvalue weighted by molar-refractivity contribution is 7.18. The second kappa shape index (κ2) is 8.99. The second-order valence-corrected chi connectivity index (χ2v) is 3.25. The van der Waals surface area contributed by atoms with Crippen LogP contribution in [0.2, 0.25) is 0 Å².